The van der Waals surface area contributed by atoms with Crippen LogP contribution in [0.25, 0.3) is 0 Å². The van der Waals surface area contributed by atoms with Gasteiger partial charge in [0.05, 0.1) is 18.9 Å². The number of likely N-dealkylation sites (N-methyl/N-ethyl adjacent to an activating group) is 1. The molecule has 0 aliphatic rings. The van der Waals surface area contributed by atoms with Crippen LogP contribution >= 0.6 is 22.6 Å². The highest BCUT2D eigenvalue weighted by atomic mass is 127. The first-order chi connectivity index (χ1) is 10.0. The number of carbonyl (C=O) groups excluding carboxylic acids is 1. The predicted molar refractivity (Wildman–Crippen MR) is 83.0 cm³/mol. The molecule has 0 saturated carbocycles. The van der Waals surface area contributed by atoms with Crippen molar-refractivity contribution in [3.05, 3.63) is 28.2 Å². The number of ether oxygens (including phenoxy) is 1. The Kier molecular flexibility index (Phi) is 7.43. The zero-order valence-electron chi connectivity index (χ0n) is 11.3. The molecule has 0 radical (unpaired) electrons. The molecule has 0 aromatic carbocycles. The molecule has 1 heterocycles. The summed E-state index contributed by atoms with van der Waals surface area (Å²) in [4.78, 5) is 31.1. The lowest BCUT2D eigenvalue weighted by Crippen LogP contribution is -2.33. The summed E-state index contributed by atoms with van der Waals surface area (Å²) >= 11 is 2.02. The van der Waals surface area contributed by atoms with E-state index < -0.39 is 6.09 Å². The Bertz CT molecular complexity index is 506. The third-order valence-corrected chi connectivity index (χ3v) is 2.88. The van der Waals surface area contributed by atoms with Crippen molar-refractivity contribution in [2.45, 2.75) is 0 Å². The molecule has 0 spiro atoms. The van der Waals surface area contributed by atoms with Crippen molar-refractivity contribution in [1.82, 2.24) is 20.2 Å². The van der Waals surface area contributed by atoms with Crippen LogP contribution in [-0.4, -0.2) is 58.7 Å². The van der Waals surface area contributed by atoms with Gasteiger partial charge in [0.1, 0.15) is 10.3 Å². The Hall–Kier alpha value is -1.91. The van der Waals surface area contributed by atoms with Gasteiger partial charge in [0.2, 0.25) is 11.8 Å². The van der Waals surface area contributed by atoms with E-state index in [9.17, 15) is 9.59 Å². The van der Waals surface area contributed by atoms with Crippen LogP contribution < -0.4 is 10.1 Å². The van der Waals surface area contributed by atoms with Crippen LogP contribution in [0, 0.1) is 3.70 Å². The molecule has 8 nitrogen and oxygen atoms in total. The van der Waals surface area contributed by atoms with Gasteiger partial charge in [-0.3, -0.25) is 4.79 Å². The maximum absolute atomic E-state index is 11.0. The minimum absolute atomic E-state index is 0.102. The van der Waals surface area contributed by atoms with Gasteiger partial charge in [0.25, 0.3) is 0 Å². The van der Waals surface area contributed by atoms with Crippen molar-refractivity contribution >= 4 is 34.6 Å². The fourth-order valence-electron chi connectivity index (χ4n) is 1.27. The molecular weight excluding hydrogens is 391 g/mol. The summed E-state index contributed by atoms with van der Waals surface area (Å²) in [6.07, 6.45) is 4.68. The van der Waals surface area contributed by atoms with E-state index in [0.717, 1.165) is 8.60 Å². The van der Waals surface area contributed by atoms with Gasteiger partial charge in [-0.05, 0) is 22.6 Å². The molecule has 0 aliphatic heterocycles. The molecule has 114 valence electrons. The normalized spacial score (nSPS) is 10.4. The number of carbonyl (C=O) groups is 2. The van der Waals surface area contributed by atoms with Crippen LogP contribution in [0.1, 0.15) is 0 Å². The van der Waals surface area contributed by atoms with Crippen LogP contribution in [0.2, 0.25) is 0 Å². The number of aromatic nitrogens is 2. The van der Waals surface area contributed by atoms with E-state index in [1.54, 1.807) is 6.20 Å². The number of hydrogen-bond acceptors (Lipinski definition) is 5. The highest BCUT2D eigenvalue weighted by Crippen LogP contribution is 2.05. The molecule has 2 N–H and O–H groups in total. The maximum Gasteiger partial charge on any atom is 0.407 e. The Morgan fingerprint density at radius 3 is 2.81 bits per heavy atom. The minimum Gasteiger partial charge on any atom is -0.475 e. The summed E-state index contributed by atoms with van der Waals surface area (Å²) < 4.78 is 6.05. The van der Waals surface area contributed by atoms with Crippen molar-refractivity contribution in [2.24, 2.45) is 0 Å². The standard InChI is InChI=1S/C12H15IN4O4/c1-14-10(18)3-2-4-17(12(19)20)5-6-21-11-8-15-9(13)7-16-11/h2-3,7-8H,4-6H2,1H3,(H,14,18)(H,19,20). The molecule has 2 amide bonds. The van der Waals surface area contributed by atoms with Gasteiger partial charge >= 0.3 is 6.09 Å². The summed E-state index contributed by atoms with van der Waals surface area (Å²) in [5, 5.41) is 11.4. The first kappa shape index (κ1) is 17.1. The van der Waals surface area contributed by atoms with Gasteiger partial charge in [-0.2, -0.15) is 0 Å². The second kappa shape index (κ2) is 9.10. The van der Waals surface area contributed by atoms with Gasteiger partial charge in [-0.25, -0.2) is 14.8 Å². The van der Waals surface area contributed by atoms with E-state index >= 15 is 0 Å². The third kappa shape index (κ3) is 6.88. The van der Waals surface area contributed by atoms with E-state index in [1.807, 2.05) is 22.6 Å². The van der Waals surface area contributed by atoms with Crippen molar-refractivity contribution < 1.29 is 19.4 Å². The van der Waals surface area contributed by atoms with Gasteiger partial charge in [-0.15, -0.1) is 0 Å². The zero-order valence-corrected chi connectivity index (χ0v) is 13.5. The minimum atomic E-state index is -1.09. The van der Waals surface area contributed by atoms with E-state index in [4.69, 9.17) is 9.84 Å². The van der Waals surface area contributed by atoms with Gasteiger partial charge in [-0.1, -0.05) is 6.08 Å². The van der Waals surface area contributed by atoms with Crippen molar-refractivity contribution in [2.75, 3.05) is 26.7 Å². The molecule has 0 fully saturated rings. The molecule has 1 rings (SSSR count). The van der Waals surface area contributed by atoms with Crippen LogP contribution in [0.3, 0.4) is 0 Å². The van der Waals surface area contributed by atoms with Crippen LogP contribution in [0.5, 0.6) is 5.88 Å². The van der Waals surface area contributed by atoms with Crippen molar-refractivity contribution in [1.29, 1.82) is 0 Å². The second-order valence-electron chi connectivity index (χ2n) is 3.77. The Labute approximate surface area is 135 Å². The zero-order chi connectivity index (χ0) is 15.7. The molecule has 0 saturated heterocycles. The SMILES string of the molecule is CNC(=O)C=CCN(CCOc1cnc(I)cn1)C(=O)O. The Balaban J connectivity index is 2.40. The summed E-state index contributed by atoms with van der Waals surface area (Å²) in [7, 11) is 1.50. The summed E-state index contributed by atoms with van der Waals surface area (Å²) in [5.74, 6) is 0.0485. The first-order valence-electron chi connectivity index (χ1n) is 5.99. The number of carboxylic acid groups (broad SMARTS) is 1. The first-order valence-corrected chi connectivity index (χ1v) is 7.07. The molecule has 9 heteroatoms. The average molecular weight is 406 g/mol. The van der Waals surface area contributed by atoms with E-state index in [0.29, 0.717) is 5.88 Å². The largest absolute Gasteiger partial charge is 0.475 e. The quantitative estimate of drug-likeness (QED) is 0.512. The fraction of sp³-hybridized carbons (Fsp3) is 0.333. The number of nitrogens with zero attached hydrogens (tertiary/aromatic N) is 3. The number of rotatable bonds is 7. The lowest BCUT2D eigenvalue weighted by atomic mass is 10.4. The smallest absolute Gasteiger partial charge is 0.407 e. The van der Waals surface area contributed by atoms with Gasteiger partial charge < -0.3 is 20.1 Å². The van der Waals surface area contributed by atoms with Crippen molar-refractivity contribution in [3.63, 3.8) is 0 Å². The number of halogens is 1. The highest BCUT2D eigenvalue weighted by molar-refractivity contribution is 14.1. The molecular formula is C12H15IN4O4. The summed E-state index contributed by atoms with van der Waals surface area (Å²) in [6.45, 7) is 0.404. The predicted octanol–water partition coefficient (Wildman–Crippen LogP) is 0.742. The van der Waals surface area contributed by atoms with Gasteiger partial charge in [0, 0.05) is 19.7 Å². The maximum atomic E-state index is 11.0. The van der Waals surface area contributed by atoms with Crippen LogP contribution in [0.4, 0.5) is 4.79 Å². The molecule has 21 heavy (non-hydrogen) atoms. The third-order valence-electron chi connectivity index (χ3n) is 2.32. The second-order valence-corrected chi connectivity index (χ2v) is 4.88. The fourth-order valence-corrected chi connectivity index (χ4v) is 1.55. The van der Waals surface area contributed by atoms with E-state index in [1.165, 1.54) is 25.4 Å². The number of nitrogens with one attached hydrogen (secondary N) is 1. The molecule has 0 unspecified atom stereocenters. The lowest BCUT2D eigenvalue weighted by Gasteiger charge is -2.17. The van der Waals surface area contributed by atoms with E-state index in [-0.39, 0.29) is 25.6 Å². The molecule has 0 bridgehead atoms. The summed E-state index contributed by atoms with van der Waals surface area (Å²) in [5.41, 5.74) is 0. The Morgan fingerprint density at radius 1 is 1.48 bits per heavy atom. The van der Waals surface area contributed by atoms with Crippen molar-refractivity contribution in [3.8, 4) is 5.88 Å². The lowest BCUT2D eigenvalue weighted by molar-refractivity contribution is -0.116. The van der Waals surface area contributed by atoms with E-state index in [2.05, 4.69) is 15.3 Å². The van der Waals surface area contributed by atoms with Gasteiger partial charge in [0.15, 0.2) is 0 Å². The number of amides is 2. The Morgan fingerprint density at radius 2 is 2.24 bits per heavy atom. The molecule has 0 atom stereocenters. The highest BCUT2D eigenvalue weighted by Gasteiger charge is 2.10. The monoisotopic (exact) mass is 406 g/mol. The molecule has 1 aromatic rings. The van der Waals surface area contributed by atoms with Crippen LogP contribution in [-0.2, 0) is 4.79 Å². The topological polar surface area (TPSA) is 105 Å². The number of hydrogen-bond donors (Lipinski definition) is 2. The van der Waals surface area contributed by atoms with Crippen LogP contribution in [0.15, 0.2) is 24.5 Å². The molecule has 0 aliphatic carbocycles. The molecule has 1 aromatic heterocycles. The summed E-state index contributed by atoms with van der Waals surface area (Å²) in [6, 6.07) is 0. The average Bonchev–Trinajstić information content (AvgIpc) is 2.47.